The number of aromatic nitrogens is 3. The highest BCUT2D eigenvalue weighted by molar-refractivity contribution is 5.79. The molecule has 2 fully saturated rings. The number of nitrogens with one attached hydrogen (secondary N) is 1. The van der Waals surface area contributed by atoms with Crippen molar-refractivity contribution in [3.8, 4) is 11.8 Å². The first-order valence-electron chi connectivity index (χ1n) is 11.6. The maximum Gasteiger partial charge on any atom is 0.225 e. The van der Waals surface area contributed by atoms with Crippen LogP contribution in [0.1, 0.15) is 56.2 Å². The second-order valence-corrected chi connectivity index (χ2v) is 8.59. The van der Waals surface area contributed by atoms with Crippen molar-refractivity contribution in [1.82, 2.24) is 25.1 Å². The molecule has 2 aromatic rings. The fraction of sp³-hybridized carbons (Fsp3) is 0.542. The number of likely N-dealkylation sites (tertiary alicyclic amines) is 1. The minimum Gasteiger partial charge on any atom is -0.357 e. The van der Waals surface area contributed by atoms with Crippen LogP contribution in [0.4, 0.5) is 5.82 Å². The lowest BCUT2D eigenvalue weighted by atomic mass is 9.93. The predicted molar refractivity (Wildman–Crippen MR) is 124 cm³/mol. The van der Waals surface area contributed by atoms with Crippen molar-refractivity contribution in [3.05, 3.63) is 41.9 Å². The zero-order chi connectivity index (χ0) is 22.3. The Balaban J connectivity index is 1.25. The van der Waals surface area contributed by atoms with Crippen molar-refractivity contribution in [1.29, 1.82) is 0 Å². The summed E-state index contributed by atoms with van der Waals surface area (Å²) in [7, 11) is 0. The summed E-state index contributed by atoms with van der Waals surface area (Å²) in [5.74, 6) is 13.0. The number of hydrogen-bond donors (Lipinski definition) is 2. The zero-order valence-corrected chi connectivity index (χ0v) is 18.8. The summed E-state index contributed by atoms with van der Waals surface area (Å²) in [6, 6.07) is 4.42. The van der Waals surface area contributed by atoms with Crippen LogP contribution in [0.5, 0.6) is 0 Å². The molecule has 8 nitrogen and oxygen atoms in total. The molecule has 0 spiro atoms. The largest absolute Gasteiger partial charge is 0.357 e. The minimum absolute atomic E-state index is 0.115. The average Bonchev–Trinajstić information content (AvgIpc) is 3.32. The second-order valence-electron chi connectivity index (χ2n) is 8.59. The Hall–Kier alpha value is -2.89. The van der Waals surface area contributed by atoms with E-state index in [1.165, 1.54) is 0 Å². The van der Waals surface area contributed by atoms with E-state index in [1.807, 2.05) is 36.1 Å². The van der Waals surface area contributed by atoms with E-state index in [2.05, 4.69) is 43.3 Å². The first-order valence-corrected chi connectivity index (χ1v) is 11.6. The molecule has 0 saturated carbocycles. The molecule has 3 N–H and O–H groups in total. The van der Waals surface area contributed by atoms with Crippen LogP contribution in [-0.2, 0) is 11.3 Å². The maximum atomic E-state index is 13.1. The molecule has 2 aliphatic heterocycles. The summed E-state index contributed by atoms with van der Waals surface area (Å²) in [5.41, 5.74) is 4.69. The molecule has 2 aromatic heterocycles. The van der Waals surface area contributed by atoms with Gasteiger partial charge in [-0.2, -0.15) is 5.10 Å². The van der Waals surface area contributed by atoms with Crippen molar-refractivity contribution >= 4 is 11.7 Å². The van der Waals surface area contributed by atoms with Crippen molar-refractivity contribution in [2.45, 2.75) is 51.6 Å². The summed E-state index contributed by atoms with van der Waals surface area (Å²) in [6.07, 6.45) is 10.2. The van der Waals surface area contributed by atoms with Crippen molar-refractivity contribution in [2.24, 2.45) is 11.8 Å². The highest BCUT2D eigenvalue weighted by Crippen LogP contribution is 2.27. The SMILES string of the molecule is CCC#Cc1ccc(N2CCC(C(=O)N3CCC(n4cc(CNN)cn4)CC3)CC2)nc1. The number of anilines is 1. The highest BCUT2D eigenvalue weighted by atomic mass is 16.2. The Morgan fingerprint density at radius 2 is 1.94 bits per heavy atom. The van der Waals surface area contributed by atoms with E-state index >= 15 is 0 Å². The lowest BCUT2D eigenvalue weighted by Crippen LogP contribution is -2.45. The van der Waals surface area contributed by atoms with Gasteiger partial charge in [-0.05, 0) is 37.8 Å². The van der Waals surface area contributed by atoms with Gasteiger partial charge in [0.2, 0.25) is 5.91 Å². The first-order chi connectivity index (χ1) is 15.7. The van der Waals surface area contributed by atoms with Gasteiger partial charge < -0.3 is 9.80 Å². The summed E-state index contributed by atoms with van der Waals surface area (Å²) >= 11 is 0. The predicted octanol–water partition coefficient (Wildman–Crippen LogP) is 2.08. The molecule has 4 rings (SSSR count). The van der Waals surface area contributed by atoms with Gasteiger partial charge in [0.25, 0.3) is 0 Å². The van der Waals surface area contributed by atoms with E-state index in [0.717, 1.165) is 75.2 Å². The molecule has 0 aliphatic carbocycles. The Kier molecular flexibility index (Phi) is 7.40. The molecule has 0 bridgehead atoms. The quantitative estimate of drug-likeness (QED) is 0.424. The van der Waals surface area contributed by atoms with Gasteiger partial charge in [-0.3, -0.25) is 20.7 Å². The van der Waals surface area contributed by atoms with E-state index in [1.54, 1.807) is 0 Å². The molecule has 0 radical (unpaired) electrons. The number of carbonyl (C=O) groups is 1. The van der Waals surface area contributed by atoms with Gasteiger partial charge in [0, 0.05) is 68.6 Å². The standard InChI is InChI=1S/C24H33N7O/c1-2-3-4-19-5-6-23(26-15-19)29-11-7-21(8-12-29)24(32)30-13-9-22(10-14-30)31-18-20(16-27-25)17-28-31/h5-6,15,17-18,21-22,27H,2,7-14,16,25H2,1H3. The fourth-order valence-corrected chi connectivity index (χ4v) is 4.59. The lowest BCUT2D eigenvalue weighted by Gasteiger charge is -2.37. The van der Waals surface area contributed by atoms with Gasteiger partial charge in [-0.1, -0.05) is 18.8 Å². The third-order valence-electron chi connectivity index (χ3n) is 6.44. The molecule has 4 heterocycles. The van der Waals surface area contributed by atoms with Crippen LogP contribution >= 0.6 is 0 Å². The zero-order valence-electron chi connectivity index (χ0n) is 18.8. The molecule has 8 heteroatoms. The number of pyridine rings is 1. The summed E-state index contributed by atoms with van der Waals surface area (Å²) in [5, 5.41) is 4.47. The molecule has 0 atom stereocenters. The molecular weight excluding hydrogens is 402 g/mol. The number of hydrazine groups is 1. The van der Waals surface area contributed by atoms with E-state index in [4.69, 9.17) is 5.84 Å². The molecule has 0 unspecified atom stereocenters. The van der Waals surface area contributed by atoms with Crippen LogP contribution in [0.25, 0.3) is 0 Å². The van der Waals surface area contributed by atoms with Crippen LogP contribution < -0.4 is 16.2 Å². The summed E-state index contributed by atoms with van der Waals surface area (Å²) < 4.78 is 2.03. The minimum atomic E-state index is 0.115. The topological polar surface area (TPSA) is 92.3 Å². The van der Waals surface area contributed by atoms with Crippen LogP contribution in [0.15, 0.2) is 30.7 Å². The van der Waals surface area contributed by atoms with Gasteiger partial charge in [-0.25, -0.2) is 4.98 Å². The summed E-state index contributed by atoms with van der Waals surface area (Å²) in [4.78, 5) is 22.0. The normalized spacial score (nSPS) is 17.8. The van der Waals surface area contributed by atoms with Crippen molar-refractivity contribution < 1.29 is 4.79 Å². The van der Waals surface area contributed by atoms with Crippen LogP contribution in [0.3, 0.4) is 0 Å². The fourth-order valence-electron chi connectivity index (χ4n) is 4.59. The monoisotopic (exact) mass is 435 g/mol. The van der Waals surface area contributed by atoms with E-state index in [-0.39, 0.29) is 5.92 Å². The highest BCUT2D eigenvalue weighted by Gasteiger charge is 2.31. The van der Waals surface area contributed by atoms with E-state index in [9.17, 15) is 4.79 Å². The van der Waals surface area contributed by atoms with Gasteiger partial charge >= 0.3 is 0 Å². The van der Waals surface area contributed by atoms with Crippen molar-refractivity contribution in [3.63, 3.8) is 0 Å². The van der Waals surface area contributed by atoms with Gasteiger partial charge in [0.1, 0.15) is 5.82 Å². The Morgan fingerprint density at radius 1 is 1.16 bits per heavy atom. The third-order valence-corrected chi connectivity index (χ3v) is 6.44. The molecular formula is C24H33N7O. The number of hydrogen-bond acceptors (Lipinski definition) is 6. The number of piperidine rings is 2. The van der Waals surface area contributed by atoms with E-state index < -0.39 is 0 Å². The average molecular weight is 436 g/mol. The van der Waals surface area contributed by atoms with Gasteiger partial charge in [0.05, 0.1) is 12.2 Å². The van der Waals surface area contributed by atoms with Crippen LogP contribution in [0.2, 0.25) is 0 Å². The van der Waals surface area contributed by atoms with Crippen molar-refractivity contribution in [2.75, 3.05) is 31.1 Å². The van der Waals surface area contributed by atoms with Crippen LogP contribution in [0, 0.1) is 17.8 Å². The number of carbonyl (C=O) groups excluding carboxylic acids is 1. The molecule has 1 amide bonds. The van der Waals surface area contributed by atoms with Crippen LogP contribution in [-0.4, -0.2) is 51.8 Å². The second kappa shape index (κ2) is 10.6. The Labute approximate surface area is 190 Å². The van der Waals surface area contributed by atoms with Gasteiger partial charge in [-0.15, -0.1) is 0 Å². The third kappa shape index (κ3) is 5.29. The molecule has 170 valence electrons. The number of rotatable bonds is 5. The number of nitrogens with two attached hydrogens (primary N) is 1. The molecule has 32 heavy (non-hydrogen) atoms. The smallest absolute Gasteiger partial charge is 0.225 e. The van der Waals surface area contributed by atoms with E-state index in [0.29, 0.717) is 18.5 Å². The van der Waals surface area contributed by atoms with Gasteiger partial charge in [0.15, 0.2) is 0 Å². The Bertz CT molecular complexity index is 943. The molecule has 2 aliphatic rings. The number of amides is 1. The first kappa shape index (κ1) is 22.3. The number of nitrogens with zero attached hydrogens (tertiary/aromatic N) is 5. The Morgan fingerprint density at radius 3 is 2.59 bits per heavy atom. The molecule has 0 aromatic carbocycles. The summed E-state index contributed by atoms with van der Waals surface area (Å²) in [6.45, 7) is 5.99. The lowest BCUT2D eigenvalue weighted by molar-refractivity contribution is -0.137. The molecule has 2 saturated heterocycles. The maximum absolute atomic E-state index is 13.1.